The first kappa shape index (κ1) is 22.5. The number of nitrogens with zero attached hydrogens (tertiary/aromatic N) is 2. The molecule has 2 aromatic rings. The lowest BCUT2D eigenvalue weighted by molar-refractivity contribution is -0.127. The van der Waals surface area contributed by atoms with Crippen LogP contribution in [-0.2, 0) is 4.79 Å². The number of thioether (sulfide) groups is 1. The van der Waals surface area contributed by atoms with Crippen molar-refractivity contribution in [2.75, 3.05) is 24.3 Å². The Morgan fingerprint density at radius 1 is 1.28 bits per heavy atom. The minimum Gasteiger partial charge on any atom is -0.490 e. The summed E-state index contributed by atoms with van der Waals surface area (Å²) in [4.78, 5) is 13.1. The second kappa shape index (κ2) is 9.87. The first-order chi connectivity index (χ1) is 15.6. The molecule has 168 valence electrons. The average Bonchev–Trinajstić information content (AvgIpc) is 2.78. The molecular weight excluding hydrogens is 492 g/mol. The Morgan fingerprint density at radius 2 is 2.09 bits per heavy atom. The monoisotopic (exact) mass is 516 g/mol. The van der Waals surface area contributed by atoms with Crippen molar-refractivity contribution in [1.82, 2.24) is 10.3 Å². The van der Waals surface area contributed by atoms with Crippen molar-refractivity contribution in [3.05, 3.63) is 64.7 Å². The highest BCUT2D eigenvalue weighted by Crippen LogP contribution is 2.45. The summed E-state index contributed by atoms with van der Waals surface area (Å²) in [5.74, 6) is 1.95. The fraction of sp³-hybridized carbons (Fsp3) is 0.304. The van der Waals surface area contributed by atoms with Crippen molar-refractivity contribution in [2.24, 2.45) is 5.10 Å². The van der Waals surface area contributed by atoms with E-state index in [2.05, 4.69) is 33.1 Å². The number of benzene rings is 2. The highest BCUT2D eigenvalue weighted by atomic mass is 79.9. The minimum absolute atomic E-state index is 0.0927. The zero-order chi connectivity index (χ0) is 22.7. The molecule has 2 heterocycles. The Morgan fingerprint density at radius 3 is 2.84 bits per heavy atom. The lowest BCUT2D eigenvalue weighted by Gasteiger charge is -2.43. The van der Waals surface area contributed by atoms with E-state index >= 15 is 0 Å². The molecule has 2 aliphatic rings. The molecule has 32 heavy (non-hydrogen) atoms. The van der Waals surface area contributed by atoms with Crippen molar-refractivity contribution < 1.29 is 14.3 Å². The number of amides is 1. The molecule has 2 N–H and O–H groups in total. The lowest BCUT2D eigenvalue weighted by Crippen LogP contribution is -2.50. The van der Waals surface area contributed by atoms with Gasteiger partial charge in [0.25, 0.3) is 5.91 Å². The van der Waals surface area contributed by atoms with E-state index in [0.29, 0.717) is 29.9 Å². The second-order valence-electron chi connectivity index (χ2n) is 7.11. The summed E-state index contributed by atoms with van der Waals surface area (Å²) < 4.78 is 12.5. The molecule has 0 spiro atoms. The molecule has 0 unspecified atom stereocenters. The molecular formula is C23H25BrN4O3S. The summed E-state index contributed by atoms with van der Waals surface area (Å²) in [5, 5.41) is 13.7. The van der Waals surface area contributed by atoms with Crippen LogP contribution in [-0.4, -0.2) is 35.1 Å². The van der Waals surface area contributed by atoms with Crippen LogP contribution in [0.2, 0.25) is 0 Å². The van der Waals surface area contributed by atoms with Crippen LogP contribution in [0.15, 0.2) is 58.6 Å². The van der Waals surface area contributed by atoms with Gasteiger partial charge in [0, 0.05) is 16.8 Å². The van der Waals surface area contributed by atoms with Gasteiger partial charge in [-0.2, -0.15) is 0 Å². The number of rotatable bonds is 7. The molecule has 1 amide bonds. The summed E-state index contributed by atoms with van der Waals surface area (Å²) in [7, 11) is 0. The topological polar surface area (TPSA) is 75.2 Å². The molecule has 2 aromatic carbocycles. The molecule has 0 fully saturated rings. The van der Waals surface area contributed by atoms with Crippen LogP contribution in [0.5, 0.6) is 11.5 Å². The van der Waals surface area contributed by atoms with Crippen molar-refractivity contribution in [3.63, 3.8) is 0 Å². The van der Waals surface area contributed by atoms with Gasteiger partial charge in [0.15, 0.2) is 22.7 Å². The predicted molar refractivity (Wildman–Crippen MR) is 132 cm³/mol. The molecule has 0 saturated heterocycles. The normalized spacial score (nSPS) is 19.2. The zero-order valence-electron chi connectivity index (χ0n) is 17.9. The number of hydrogen-bond acceptors (Lipinski definition) is 7. The fourth-order valence-electron chi connectivity index (χ4n) is 3.78. The quantitative estimate of drug-likeness (QED) is 0.502. The zero-order valence-corrected chi connectivity index (χ0v) is 20.3. The average molecular weight is 517 g/mol. The number of fused-ring (bicyclic) bond motifs is 3. The number of hydrogen-bond donors (Lipinski definition) is 2. The van der Waals surface area contributed by atoms with Crippen LogP contribution in [0.4, 0.5) is 5.69 Å². The van der Waals surface area contributed by atoms with Gasteiger partial charge >= 0.3 is 0 Å². The number of carbonyl (C=O) groups is 1. The molecule has 0 aliphatic carbocycles. The van der Waals surface area contributed by atoms with E-state index in [0.717, 1.165) is 27.0 Å². The third-order valence-corrected chi connectivity index (χ3v) is 6.37. The molecule has 7 nitrogen and oxygen atoms in total. The number of amidine groups is 1. The molecule has 0 saturated carbocycles. The van der Waals surface area contributed by atoms with E-state index < -0.39 is 6.04 Å². The van der Waals surface area contributed by atoms with E-state index in [1.807, 2.05) is 55.3 Å². The number of nitrogens with one attached hydrogen (secondary N) is 2. The van der Waals surface area contributed by atoms with Crippen molar-refractivity contribution in [1.29, 1.82) is 0 Å². The van der Waals surface area contributed by atoms with E-state index in [9.17, 15) is 4.79 Å². The molecule has 0 aromatic heterocycles. The molecule has 4 rings (SSSR count). The number of carbonyl (C=O) groups excluding carboxylic acids is 1. The van der Waals surface area contributed by atoms with Gasteiger partial charge in [-0.15, -0.1) is 5.10 Å². The first-order valence-electron chi connectivity index (χ1n) is 10.4. The Hall–Kier alpha value is -2.65. The van der Waals surface area contributed by atoms with Gasteiger partial charge in [0.1, 0.15) is 12.8 Å². The number of para-hydroxylation sites is 1. The number of ether oxygens (including phenoxy) is 2. The maximum absolute atomic E-state index is 13.1. The SMILES string of the molecule is C=CCOc1c(Br)cc([C@@H]2Nc3ccccc3[C@H]3C(=O)NC(SCC)=NN32)cc1OCC. The van der Waals surface area contributed by atoms with Crippen LogP contribution >= 0.6 is 27.7 Å². The lowest BCUT2D eigenvalue weighted by atomic mass is 9.97. The maximum Gasteiger partial charge on any atom is 0.255 e. The van der Waals surface area contributed by atoms with E-state index in [-0.39, 0.29) is 12.1 Å². The maximum atomic E-state index is 13.1. The summed E-state index contributed by atoms with van der Waals surface area (Å²) in [6.07, 6.45) is 1.31. The summed E-state index contributed by atoms with van der Waals surface area (Å²) >= 11 is 5.13. The standard InChI is InChI=1S/C23H25BrN4O3S/c1-4-11-31-20-16(24)12-14(13-18(20)30-5-2)21-25-17-10-8-7-9-15(17)19-22(29)26-23(32-6-3)27-28(19)21/h4,7-10,12-13,19,21,25H,1,5-6,11H2,2-3H3,(H,26,27,29)/t19-,21+/m0/s1. The van der Waals surface area contributed by atoms with Gasteiger partial charge < -0.3 is 20.1 Å². The molecule has 9 heteroatoms. The largest absolute Gasteiger partial charge is 0.490 e. The number of halogens is 1. The summed E-state index contributed by atoms with van der Waals surface area (Å²) in [5.41, 5.74) is 2.68. The van der Waals surface area contributed by atoms with Crippen molar-refractivity contribution in [3.8, 4) is 11.5 Å². The summed E-state index contributed by atoms with van der Waals surface area (Å²) in [6, 6.07) is 11.2. The van der Waals surface area contributed by atoms with Crippen LogP contribution < -0.4 is 20.1 Å². The predicted octanol–water partition coefficient (Wildman–Crippen LogP) is 5.03. The minimum atomic E-state index is -0.537. The molecule has 0 radical (unpaired) electrons. The number of anilines is 1. The number of hydrazone groups is 1. The van der Waals surface area contributed by atoms with Gasteiger partial charge in [-0.25, -0.2) is 0 Å². The van der Waals surface area contributed by atoms with Crippen molar-refractivity contribution in [2.45, 2.75) is 26.1 Å². The van der Waals surface area contributed by atoms with E-state index in [4.69, 9.17) is 14.6 Å². The van der Waals surface area contributed by atoms with Gasteiger partial charge in [0.05, 0.1) is 11.1 Å². The van der Waals surface area contributed by atoms with E-state index in [1.165, 1.54) is 11.8 Å². The van der Waals surface area contributed by atoms with Crippen LogP contribution in [0, 0.1) is 0 Å². The third-order valence-electron chi connectivity index (χ3n) is 5.04. The Labute approximate surface area is 200 Å². The molecule has 0 bridgehead atoms. The van der Waals surface area contributed by atoms with Gasteiger partial charge in [-0.3, -0.25) is 9.80 Å². The van der Waals surface area contributed by atoms with Crippen LogP contribution in [0.3, 0.4) is 0 Å². The highest BCUT2D eigenvalue weighted by Gasteiger charge is 2.42. The summed E-state index contributed by atoms with van der Waals surface area (Å²) in [6.45, 7) is 8.53. The van der Waals surface area contributed by atoms with Gasteiger partial charge in [-0.05, 0) is 46.8 Å². The van der Waals surface area contributed by atoms with Crippen LogP contribution in [0.25, 0.3) is 0 Å². The third kappa shape index (κ3) is 4.31. The Kier molecular flexibility index (Phi) is 6.95. The fourth-order valence-corrected chi connectivity index (χ4v) is 4.95. The van der Waals surface area contributed by atoms with Gasteiger partial charge in [-0.1, -0.05) is 49.5 Å². The highest BCUT2D eigenvalue weighted by molar-refractivity contribution is 9.10. The first-order valence-corrected chi connectivity index (χ1v) is 12.2. The van der Waals surface area contributed by atoms with Gasteiger partial charge in [0.2, 0.25) is 0 Å². The van der Waals surface area contributed by atoms with Crippen LogP contribution in [0.1, 0.15) is 37.2 Å². The smallest absolute Gasteiger partial charge is 0.255 e. The Bertz CT molecular complexity index is 1060. The Balaban J connectivity index is 1.82. The van der Waals surface area contributed by atoms with E-state index in [1.54, 1.807) is 6.08 Å². The molecule has 2 aliphatic heterocycles. The molecule has 2 atom stereocenters. The van der Waals surface area contributed by atoms with Crippen molar-refractivity contribution >= 4 is 44.5 Å². The second-order valence-corrected chi connectivity index (χ2v) is 9.21.